The third-order valence-electron chi connectivity index (χ3n) is 10.7. The Balaban J connectivity index is 0.000000825. The van der Waals surface area contributed by atoms with Gasteiger partial charge in [-0.25, -0.2) is 9.59 Å². The number of nitrogens with one attached hydrogen (secondary N) is 6. The molecule has 0 aliphatic carbocycles. The van der Waals surface area contributed by atoms with Gasteiger partial charge in [0.25, 0.3) is 0 Å². The summed E-state index contributed by atoms with van der Waals surface area (Å²) in [4.78, 5) is 45.1. The summed E-state index contributed by atoms with van der Waals surface area (Å²) < 4.78 is 2.95. The largest absolute Gasteiger partial charge is 0.351 e. The van der Waals surface area contributed by atoms with Crippen molar-refractivity contribution in [1.82, 2.24) is 31.9 Å². The van der Waals surface area contributed by atoms with Crippen molar-refractivity contribution in [2.75, 3.05) is 113 Å². The molecule has 1 aliphatic rings. The maximum Gasteiger partial charge on any atom is 0.314 e. The first kappa shape index (κ1) is 50.6. The van der Waals surface area contributed by atoms with E-state index in [9.17, 15) is 19.2 Å². The van der Waals surface area contributed by atoms with Crippen LogP contribution in [0.4, 0.5) is 9.59 Å². The van der Waals surface area contributed by atoms with Crippen LogP contribution in [0.3, 0.4) is 0 Å². The summed E-state index contributed by atoms with van der Waals surface area (Å²) in [5, 5.41) is 16.8. The minimum absolute atomic E-state index is 0.00167. The number of nitrogens with zero attached hydrogens (tertiary/aromatic N) is 3. The Kier molecular flexibility index (Phi) is 26.3. The monoisotopic (exact) mass is 765 g/mol. The standard InChI is InChI=1S/C18H29N3O2.C13H29N5O2.C10H22N/c1-4-18(23)20-12-14-21(5-2,13-11-19-16(3)22)15-17-9-7-6-8-10-17;1-5-15-13(20)17-9-11-18(6-2,7-3)10-8-16-12(19)14-4;1-5-10-6-9(2)7-11(3,4)8-10/h6-10H,4-5,11-15H2,1-3H3,(H-,19,20,22,23);5-11H2,1-4H3,(H3-,14,15,16,17,19,20);9-10H,5-8H2,1-4H3/q;;+1/p+2. The van der Waals surface area contributed by atoms with E-state index in [2.05, 4.69) is 92.7 Å². The summed E-state index contributed by atoms with van der Waals surface area (Å²) in [6, 6.07) is 10.1. The van der Waals surface area contributed by atoms with E-state index in [1.807, 2.05) is 32.0 Å². The van der Waals surface area contributed by atoms with E-state index in [1.54, 1.807) is 14.0 Å². The molecule has 1 heterocycles. The molecular weight excluding hydrogens is 683 g/mol. The Bertz CT molecular complexity index is 1180. The zero-order valence-electron chi connectivity index (χ0n) is 36.2. The molecule has 0 aromatic heterocycles. The third-order valence-corrected chi connectivity index (χ3v) is 10.7. The van der Waals surface area contributed by atoms with Crippen molar-refractivity contribution in [1.29, 1.82) is 0 Å². The molecule has 13 heteroatoms. The second kappa shape index (κ2) is 28.1. The summed E-state index contributed by atoms with van der Waals surface area (Å²) in [6.07, 6.45) is 3.33. The quantitative estimate of drug-likeness (QED) is 0.112. The molecule has 54 heavy (non-hydrogen) atoms. The molecule has 1 aromatic rings. The number of amides is 6. The number of carbonyl (C=O) groups excluding carboxylic acids is 4. The van der Waals surface area contributed by atoms with Crippen molar-refractivity contribution >= 4 is 23.9 Å². The highest BCUT2D eigenvalue weighted by molar-refractivity contribution is 5.75. The zero-order valence-corrected chi connectivity index (χ0v) is 36.2. The topological polar surface area (TPSA) is 140 Å². The summed E-state index contributed by atoms with van der Waals surface area (Å²) in [5.74, 6) is 2.00. The SMILES string of the molecule is CCC(=O)NCC[N+](CC)(CCNC(C)=O)Cc1ccccc1.CCC1CC(C)C[N+](C)(C)C1.CCNC(=O)NCC[N+](CC)(CC)CCNC(=O)NC. The molecular formula is C41H82N9O4+3. The third kappa shape index (κ3) is 22.7. The van der Waals surface area contributed by atoms with Crippen molar-refractivity contribution in [2.45, 2.75) is 81.2 Å². The molecule has 312 valence electrons. The van der Waals surface area contributed by atoms with Gasteiger partial charge in [0.2, 0.25) is 11.8 Å². The van der Waals surface area contributed by atoms with Crippen molar-refractivity contribution in [2.24, 2.45) is 11.8 Å². The Morgan fingerprint density at radius 2 is 1.22 bits per heavy atom. The smallest absolute Gasteiger partial charge is 0.314 e. The van der Waals surface area contributed by atoms with Crippen LogP contribution < -0.4 is 31.9 Å². The van der Waals surface area contributed by atoms with Gasteiger partial charge in [-0.05, 0) is 40.5 Å². The molecule has 1 aliphatic heterocycles. The lowest BCUT2D eigenvalue weighted by Crippen LogP contribution is -2.55. The van der Waals surface area contributed by atoms with Crippen molar-refractivity contribution in [3.63, 3.8) is 0 Å². The summed E-state index contributed by atoms with van der Waals surface area (Å²) in [6.45, 7) is 29.6. The number of quaternary nitrogens is 3. The fourth-order valence-electron chi connectivity index (χ4n) is 7.42. The predicted molar refractivity (Wildman–Crippen MR) is 223 cm³/mol. The van der Waals surface area contributed by atoms with Crippen LogP contribution >= 0.6 is 0 Å². The molecule has 0 bridgehead atoms. The van der Waals surface area contributed by atoms with Gasteiger partial charge in [-0.1, -0.05) is 51.1 Å². The van der Waals surface area contributed by atoms with Crippen LogP contribution in [0.1, 0.15) is 80.2 Å². The summed E-state index contributed by atoms with van der Waals surface area (Å²) >= 11 is 0. The lowest BCUT2D eigenvalue weighted by molar-refractivity contribution is -0.937. The van der Waals surface area contributed by atoms with Crippen LogP contribution in [-0.2, 0) is 16.1 Å². The first-order valence-corrected chi connectivity index (χ1v) is 20.6. The fourth-order valence-corrected chi connectivity index (χ4v) is 7.42. The van der Waals surface area contributed by atoms with Gasteiger partial charge in [-0.15, -0.1) is 0 Å². The molecule has 0 spiro atoms. The highest BCUT2D eigenvalue weighted by Crippen LogP contribution is 2.26. The van der Waals surface area contributed by atoms with Crippen LogP contribution in [0.25, 0.3) is 0 Å². The lowest BCUT2D eigenvalue weighted by atomic mass is 9.88. The van der Waals surface area contributed by atoms with E-state index in [4.69, 9.17) is 0 Å². The molecule has 1 fully saturated rings. The first-order chi connectivity index (χ1) is 25.6. The molecule has 1 saturated heterocycles. The average molecular weight is 765 g/mol. The van der Waals surface area contributed by atoms with Crippen LogP contribution in [0.5, 0.6) is 0 Å². The normalized spacial score (nSPS) is 17.2. The molecule has 6 N–H and O–H groups in total. The van der Waals surface area contributed by atoms with Crippen LogP contribution in [-0.4, -0.2) is 150 Å². The molecule has 3 unspecified atom stereocenters. The number of likely N-dealkylation sites (N-methyl/N-ethyl adjacent to an activating group) is 2. The highest BCUT2D eigenvalue weighted by atomic mass is 16.2. The molecule has 3 atom stereocenters. The molecule has 13 nitrogen and oxygen atoms in total. The van der Waals surface area contributed by atoms with Gasteiger partial charge in [-0.3, -0.25) is 9.59 Å². The highest BCUT2D eigenvalue weighted by Gasteiger charge is 2.30. The van der Waals surface area contributed by atoms with Gasteiger partial charge in [0.1, 0.15) is 6.54 Å². The van der Waals surface area contributed by atoms with Crippen LogP contribution in [0.2, 0.25) is 0 Å². The minimum Gasteiger partial charge on any atom is -0.351 e. The summed E-state index contributed by atoms with van der Waals surface area (Å²) in [5.41, 5.74) is 1.28. The number of urea groups is 2. The number of benzene rings is 1. The van der Waals surface area contributed by atoms with E-state index in [1.165, 1.54) is 36.0 Å². The Morgan fingerprint density at radius 1 is 0.704 bits per heavy atom. The predicted octanol–water partition coefficient (Wildman–Crippen LogP) is 3.91. The van der Waals surface area contributed by atoms with Gasteiger partial charge >= 0.3 is 12.1 Å². The van der Waals surface area contributed by atoms with Gasteiger partial charge in [0.05, 0.1) is 99.2 Å². The van der Waals surface area contributed by atoms with Crippen molar-refractivity contribution in [3.05, 3.63) is 35.9 Å². The van der Waals surface area contributed by atoms with E-state index >= 15 is 0 Å². The van der Waals surface area contributed by atoms with Gasteiger partial charge in [0, 0.05) is 44.3 Å². The molecule has 2 rings (SSSR count). The second-order valence-corrected chi connectivity index (χ2v) is 15.6. The molecule has 0 saturated carbocycles. The van der Waals surface area contributed by atoms with Crippen LogP contribution in [0, 0.1) is 11.8 Å². The Labute approximate surface area is 329 Å². The molecule has 0 radical (unpaired) electrons. The lowest BCUT2D eigenvalue weighted by Gasteiger charge is -2.40. The maximum atomic E-state index is 11.5. The number of hydrogen-bond donors (Lipinski definition) is 6. The minimum atomic E-state index is -0.157. The number of hydrogen-bond acceptors (Lipinski definition) is 4. The summed E-state index contributed by atoms with van der Waals surface area (Å²) in [7, 11) is 6.32. The van der Waals surface area contributed by atoms with Crippen molar-refractivity contribution < 1.29 is 32.6 Å². The van der Waals surface area contributed by atoms with E-state index in [-0.39, 0.29) is 23.9 Å². The Hall–Kier alpha value is -3.42. The maximum absolute atomic E-state index is 11.5. The number of likely N-dealkylation sites (tertiary alicyclic amines) is 1. The number of carbonyl (C=O) groups is 4. The van der Waals surface area contributed by atoms with Gasteiger partial charge in [-0.2, -0.15) is 0 Å². The van der Waals surface area contributed by atoms with E-state index < -0.39 is 0 Å². The molecule has 6 amide bonds. The number of rotatable bonds is 20. The zero-order chi connectivity index (χ0) is 41.0. The average Bonchev–Trinajstić information content (AvgIpc) is 3.14. The number of piperidine rings is 1. The van der Waals surface area contributed by atoms with Gasteiger partial charge in [0.15, 0.2) is 0 Å². The van der Waals surface area contributed by atoms with E-state index in [0.29, 0.717) is 39.1 Å². The van der Waals surface area contributed by atoms with Crippen molar-refractivity contribution in [3.8, 4) is 0 Å². The second-order valence-electron chi connectivity index (χ2n) is 15.6. The fraction of sp³-hybridized carbons (Fsp3) is 0.756. The van der Waals surface area contributed by atoms with E-state index in [0.717, 1.165) is 73.2 Å². The van der Waals surface area contributed by atoms with Crippen LogP contribution in [0.15, 0.2) is 30.3 Å². The Morgan fingerprint density at radius 3 is 1.69 bits per heavy atom. The van der Waals surface area contributed by atoms with Gasteiger partial charge < -0.3 is 45.3 Å². The first-order valence-electron chi connectivity index (χ1n) is 20.6. The molecule has 1 aromatic carbocycles.